The Labute approximate surface area is 149 Å². The van der Waals surface area contributed by atoms with Gasteiger partial charge in [0.2, 0.25) is 0 Å². The molecular formula is C21H18N2O3. The van der Waals surface area contributed by atoms with Crippen LogP contribution in [0.1, 0.15) is 22.9 Å². The van der Waals surface area contributed by atoms with Gasteiger partial charge in [0.15, 0.2) is 0 Å². The average Bonchev–Trinajstić information content (AvgIpc) is 3.30. The predicted octanol–water partition coefficient (Wildman–Crippen LogP) is 3.69. The smallest absolute Gasteiger partial charge is 0.323 e. The Morgan fingerprint density at radius 3 is 2.96 bits per heavy atom. The standard InChI is InChI=1S/C21H18N2O3/c1-25-21(24)17-11-15-14-4-2-3-5-16(14)22-20(15)19(23-17)13-6-7-18-12(10-13)8-9-26-18/h2-10,17,19,22-23H,11H2,1H3/t17-,19-/m1/s1. The number of aromatic nitrogens is 1. The molecule has 4 aromatic rings. The molecule has 130 valence electrons. The number of nitrogens with one attached hydrogen (secondary N) is 2. The highest BCUT2D eigenvalue weighted by atomic mass is 16.5. The van der Waals surface area contributed by atoms with Gasteiger partial charge in [0.25, 0.3) is 0 Å². The molecule has 0 amide bonds. The van der Waals surface area contributed by atoms with E-state index in [1.807, 2.05) is 30.3 Å². The van der Waals surface area contributed by atoms with Gasteiger partial charge in [-0.2, -0.15) is 0 Å². The molecule has 5 heteroatoms. The van der Waals surface area contributed by atoms with Crippen molar-refractivity contribution in [3.05, 3.63) is 71.6 Å². The van der Waals surface area contributed by atoms with Crippen molar-refractivity contribution in [3.63, 3.8) is 0 Å². The number of methoxy groups -OCH3 is 1. The maximum absolute atomic E-state index is 12.3. The van der Waals surface area contributed by atoms with E-state index >= 15 is 0 Å². The Morgan fingerprint density at radius 1 is 1.19 bits per heavy atom. The Hall–Kier alpha value is -3.05. The molecule has 0 radical (unpaired) electrons. The van der Waals surface area contributed by atoms with Crippen molar-refractivity contribution in [1.82, 2.24) is 10.3 Å². The molecule has 1 aliphatic rings. The molecule has 2 N–H and O–H groups in total. The number of fused-ring (bicyclic) bond motifs is 4. The molecule has 5 rings (SSSR count). The zero-order chi connectivity index (χ0) is 17.7. The van der Waals surface area contributed by atoms with Crippen LogP contribution in [0.3, 0.4) is 0 Å². The van der Waals surface area contributed by atoms with Gasteiger partial charge in [-0.05, 0) is 35.4 Å². The van der Waals surface area contributed by atoms with E-state index in [0.29, 0.717) is 6.42 Å². The summed E-state index contributed by atoms with van der Waals surface area (Å²) in [5, 5.41) is 5.66. The summed E-state index contributed by atoms with van der Waals surface area (Å²) in [6.45, 7) is 0. The van der Waals surface area contributed by atoms with Gasteiger partial charge in [-0.3, -0.25) is 10.1 Å². The Balaban J connectivity index is 1.69. The summed E-state index contributed by atoms with van der Waals surface area (Å²) in [6.07, 6.45) is 2.30. The van der Waals surface area contributed by atoms with Crippen LogP contribution < -0.4 is 5.32 Å². The summed E-state index contributed by atoms with van der Waals surface area (Å²) in [5.41, 5.74) is 5.30. The highest BCUT2D eigenvalue weighted by molar-refractivity contribution is 5.87. The van der Waals surface area contributed by atoms with E-state index in [-0.39, 0.29) is 18.1 Å². The van der Waals surface area contributed by atoms with Crippen molar-refractivity contribution in [2.24, 2.45) is 0 Å². The van der Waals surface area contributed by atoms with Crippen LogP contribution in [-0.2, 0) is 16.0 Å². The number of carbonyl (C=O) groups excluding carboxylic acids is 1. The molecule has 0 fully saturated rings. The van der Waals surface area contributed by atoms with Crippen LogP contribution >= 0.6 is 0 Å². The molecule has 5 nitrogen and oxygen atoms in total. The van der Waals surface area contributed by atoms with Gasteiger partial charge in [0.05, 0.1) is 19.4 Å². The van der Waals surface area contributed by atoms with Crippen molar-refractivity contribution in [1.29, 1.82) is 0 Å². The number of rotatable bonds is 2. The predicted molar refractivity (Wildman–Crippen MR) is 99.0 cm³/mol. The highest BCUT2D eigenvalue weighted by Crippen LogP contribution is 2.36. The zero-order valence-electron chi connectivity index (χ0n) is 14.3. The van der Waals surface area contributed by atoms with Gasteiger partial charge in [-0.25, -0.2) is 0 Å². The lowest BCUT2D eigenvalue weighted by atomic mass is 9.90. The van der Waals surface area contributed by atoms with Crippen molar-refractivity contribution >= 4 is 27.8 Å². The number of aromatic amines is 1. The number of benzene rings is 2. The van der Waals surface area contributed by atoms with Crippen LogP contribution in [-0.4, -0.2) is 24.1 Å². The van der Waals surface area contributed by atoms with Gasteiger partial charge >= 0.3 is 5.97 Å². The molecule has 0 saturated carbocycles. The van der Waals surface area contributed by atoms with Crippen LogP contribution in [0.15, 0.2) is 59.2 Å². The van der Waals surface area contributed by atoms with Gasteiger partial charge < -0.3 is 14.1 Å². The van der Waals surface area contributed by atoms with Gasteiger partial charge in [0, 0.05) is 28.4 Å². The molecule has 0 bridgehead atoms. The second-order valence-electron chi connectivity index (χ2n) is 6.66. The fourth-order valence-corrected chi connectivity index (χ4v) is 3.96. The topological polar surface area (TPSA) is 67.3 Å². The van der Waals surface area contributed by atoms with Crippen molar-refractivity contribution in [3.8, 4) is 0 Å². The molecule has 1 aliphatic heterocycles. The van der Waals surface area contributed by atoms with E-state index in [4.69, 9.17) is 9.15 Å². The number of ether oxygens (including phenoxy) is 1. The summed E-state index contributed by atoms with van der Waals surface area (Å²) < 4.78 is 10.5. The Bertz CT molecular complexity index is 1120. The molecule has 2 aromatic heterocycles. The molecule has 0 spiro atoms. The number of hydrogen-bond acceptors (Lipinski definition) is 4. The fourth-order valence-electron chi connectivity index (χ4n) is 3.96. The van der Waals surface area contributed by atoms with Crippen LogP contribution in [0.5, 0.6) is 0 Å². The van der Waals surface area contributed by atoms with Crippen molar-refractivity contribution in [2.45, 2.75) is 18.5 Å². The first-order valence-electron chi connectivity index (χ1n) is 8.65. The molecule has 2 atom stereocenters. The number of furan rings is 1. The summed E-state index contributed by atoms with van der Waals surface area (Å²) in [5.74, 6) is -0.240. The zero-order valence-corrected chi connectivity index (χ0v) is 14.3. The number of carbonyl (C=O) groups is 1. The lowest BCUT2D eigenvalue weighted by Crippen LogP contribution is -2.45. The number of H-pyrrole nitrogens is 1. The van der Waals surface area contributed by atoms with E-state index in [9.17, 15) is 4.79 Å². The number of hydrogen-bond donors (Lipinski definition) is 2. The Morgan fingerprint density at radius 2 is 2.08 bits per heavy atom. The molecule has 26 heavy (non-hydrogen) atoms. The van der Waals surface area contributed by atoms with E-state index in [0.717, 1.165) is 33.1 Å². The molecular weight excluding hydrogens is 328 g/mol. The molecule has 0 saturated heterocycles. The lowest BCUT2D eigenvalue weighted by Gasteiger charge is -2.30. The minimum Gasteiger partial charge on any atom is -0.468 e. The minimum absolute atomic E-state index is 0.116. The first kappa shape index (κ1) is 15.2. The van der Waals surface area contributed by atoms with E-state index < -0.39 is 0 Å². The summed E-state index contributed by atoms with van der Waals surface area (Å²) in [6, 6.07) is 15.8. The largest absolute Gasteiger partial charge is 0.468 e. The van der Waals surface area contributed by atoms with Crippen molar-refractivity contribution < 1.29 is 13.9 Å². The molecule has 2 aromatic carbocycles. The second-order valence-corrected chi connectivity index (χ2v) is 6.66. The Kier molecular flexibility index (Phi) is 3.36. The lowest BCUT2D eigenvalue weighted by molar-refractivity contribution is -0.143. The van der Waals surface area contributed by atoms with Crippen LogP contribution in [0.25, 0.3) is 21.9 Å². The van der Waals surface area contributed by atoms with Gasteiger partial charge in [0.1, 0.15) is 11.6 Å². The maximum atomic E-state index is 12.3. The minimum atomic E-state index is -0.378. The number of esters is 1. The first-order chi connectivity index (χ1) is 12.7. The number of para-hydroxylation sites is 1. The normalized spacial score (nSPS) is 19.6. The van der Waals surface area contributed by atoms with E-state index in [1.54, 1.807) is 6.26 Å². The SMILES string of the molecule is COC(=O)[C@H]1Cc2c([nH]c3ccccc23)[C@@H](c2ccc3occc3c2)N1. The third kappa shape index (κ3) is 2.24. The highest BCUT2D eigenvalue weighted by Gasteiger charge is 2.34. The van der Waals surface area contributed by atoms with E-state index in [2.05, 4.69) is 28.5 Å². The first-order valence-corrected chi connectivity index (χ1v) is 8.65. The average molecular weight is 346 g/mol. The van der Waals surface area contributed by atoms with Crippen LogP contribution in [0.4, 0.5) is 0 Å². The van der Waals surface area contributed by atoms with Gasteiger partial charge in [-0.1, -0.05) is 24.3 Å². The second kappa shape index (κ2) is 5.75. The fraction of sp³-hybridized carbons (Fsp3) is 0.190. The quantitative estimate of drug-likeness (QED) is 0.543. The van der Waals surface area contributed by atoms with Crippen LogP contribution in [0, 0.1) is 0 Å². The summed E-state index contributed by atoms with van der Waals surface area (Å²) >= 11 is 0. The summed E-state index contributed by atoms with van der Waals surface area (Å²) in [7, 11) is 1.43. The third-order valence-corrected chi connectivity index (χ3v) is 5.21. The molecule has 0 unspecified atom stereocenters. The molecule has 3 heterocycles. The van der Waals surface area contributed by atoms with Crippen molar-refractivity contribution in [2.75, 3.05) is 7.11 Å². The van der Waals surface area contributed by atoms with E-state index in [1.165, 1.54) is 12.7 Å². The maximum Gasteiger partial charge on any atom is 0.323 e. The van der Waals surface area contributed by atoms with Crippen LogP contribution in [0.2, 0.25) is 0 Å². The van der Waals surface area contributed by atoms with Gasteiger partial charge in [-0.15, -0.1) is 0 Å². The summed E-state index contributed by atoms with van der Waals surface area (Å²) in [4.78, 5) is 15.8. The monoisotopic (exact) mass is 346 g/mol. The molecule has 0 aliphatic carbocycles. The third-order valence-electron chi connectivity index (χ3n) is 5.21.